The third-order valence-electron chi connectivity index (χ3n) is 1.61. The Kier molecular flexibility index (Phi) is 4.17. The van der Waals surface area contributed by atoms with E-state index in [-0.39, 0.29) is 0 Å². The van der Waals surface area contributed by atoms with Crippen LogP contribution < -0.4 is 5.19 Å². The maximum absolute atomic E-state index is 9.86. The molecule has 2 nitrogen and oxygen atoms in total. The van der Waals surface area contributed by atoms with Crippen LogP contribution in [-0.2, 0) is 11.3 Å². The molecule has 0 amide bonds. The second kappa shape index (κ2) is 4.96. The summed E-state index contributed by atoms with van der Waals surface area (Å²) in [6, 6.07) is 4.28. The summed E-state index contributed by atoms with van der Waals surface area (Å²) in [5, 5.41) is 0.723. The quantitative estimate of drug-likeness (QED) is 0.357. The fraction of sp³-hybridized carbons (Fsp3) is 0.125. The van der Waals surface area contributed by atoms with Crippen molar-refractivity contribution in [1.82, 2.24) is 0 Å². The van der Waals surface area contributed by atoms with Crippen molar-refractivity contribution in [1.29, 1.82) is 0 Å². The van der Waals surface area contributed by atoms with Crippen LogP contribution in [0.25, 0.3) is 0 Å². The third-order valence-corrected chi connectivity index (χ3v) is 4.56. The fourth-order valence-electron chi connectivity index (χ4n) is 0.923. The van der Waals surface area contributed by atoms with Crippen molar-refractivity contribution >= 4 is 50.5 Å². The van der Waals surface area contributed by atoms with E-state index in [1.807, 2.05) is 0 Å². The Hall–Kier alpha value is -0.313. The molecule has 0 fully saturated rings. The highest BCUT2D eigenvalue weighted by molar-refractivity contribution is 7.69. The lowest BCUT2D eigenvalue weighted by Crippen LogP contribution is -2.29. The Balaban J connectivity index is 2.83. The summed E-state index contributed by atoms with van der Waals surface area (Å²) in [6.45, 7) is 0.311. The van der Waals surface area contributed by atoms with Gasteiger partial charge in [0.1, 0.15) is 0 Å². The predicted octanol–water partition coefficient (Wildman–Crippen LogP) is 2.38. The summed E-state index contributed by atoms with van der Waals surface area (Å²) in [6.07, 6.45) is 1.47. The van der Waals surface area contributed by atoms with E-state index < -0.39 is 6.00 Å². The standard InChI is InChI=1S/C8H6Cl3NOSi/c9-14(10,11)8-3-1-7(2-4-8)5-12-6-13/h1-4H,5H2. The van der Waals surface area contributed by atoms with Crippen molar-refractivity contribution in [3.05, 3.63) is 29.8 Å². The third kappa shape index (κ3) is 3.44. The highest BCUT2D eigenvalue weighted by Crippen LogP contribution is 2.19. The van der Waals surface area contributed by atoms with Crippen LogP contribution in [0.3, 0.4) is 0 Å². The van der Waals surface area contributed by atoms with Crippen LogP contribution in [0.4, 0.5) is 0 Å². The lowest BCUT2D eigenvalue weighted by molar-refractivity contribution is 0.563. The molecule has 0 atom stereocenters. The van der Waals surface area contributed by atoms with Gasteiger partial charge in [0.15, 0.2) is 0 Å². The van der Waals surface area contributed by atoms with Crippen LogP contribution >= 0.6 is 33.2 Å². The molecule has 74 valence electrons. The minimum absolute atomic E-state index is 0.311. The van der Waals surface area contributed by atoms with Crippen molar-refractivity contribution < 1.29 is 4.79 Å². The van der Waals surface area contributed by atoms with Gasteiger partial charge in [-0.15, -0.1) is 33.2 Å². The van der Waals surface area contributed by atoms with E-state index >= 15 is 0 Å². The number of carbonyl (C=O) groups excluding carboxylic acids is 1. The first-order valence-electron chi connectivity index (χ1n) is 3.74. The van der Waals surface area contributed by atoms with E-state index in [4.69, 9.17) is 33.2 Å². The zero-order chi connectivity index (χ0) is 10.6. The topological polar surface area (TPSA) is 29.4 Å². The Bertz CT molecular complexity index is 354. The monoisotopic (exact) mass is 265 g/mol. The van der Waals surface area contributed by atoms with Crippen molar-refractivity contribution in [3.8, 4) is 0 Å². The van der Waals surface area contributed by atoms with Crippen LogP contribution in [0.15, 0.2) is 29.3 Å². The van der Waals surface area contributed by atoms with Crippen molar-refractivity contribution in [2.75, 3.05) is 0 Å². The van der Waals surface area contributed by atoms with Crippen LogP contribution in [0, 0.1) is 0 Å². The maximum atomic E-state index is 9.86. The number of isocyanates is 1. The van der Waals surface area contributed by atoms with E-state index in [1.54, 1.807) is 24.3 Å². The molecule has 6 heteroatoms. The van der Waals surface area contributed by atoms with Gasteiger partial charge in [0.2, 0.25) is 6.08 Å². The molecule has 0 spiro atoms. The van der Waals surface area contributed by atoms with E-state index in [2.05, 4.69) is 4.99 Å². The molecule has 1 aromatic carbocycles. The average molecular weight is 267 g/mol. The van der Waals surface area contributed by atoms with E-state index in [0.717, 1.165) is 10.8 Å². The first kappa shape index (κ1) is 11.8. The maximum Gasteiger partial charge on any atom is 0.372 e. The average Bonchev–Trinajstić information content (AvgIpc) is 2.14. The SMILES string of the molecule is O=C=NCc1ccc([Si](Cl)(Cl)Cl)cc1. The normalized spacial score (nSPS) is 10.8. The highest BCUT2D eigenvalue weighted by Gasteiger charge is 2.27. The molecule has 0 saturated carbocycles. The van der Waals surface area contributed by atoms with Gasteiger partial charge in [-0.05, 0) is 10.8 Å². The van der Waals surface area contributed by atoms with E-state index in [9.17, 15) is 4.79 Å². The molecule has 14 heavy (non-hydrogen) atoms. The van der Waals surface area contributed by atoms with Gasteiger partial charge in [0.25, 0.3) is 0 Å². The minimum atomic E-state index is -2.78. The number of hydrogen-bond donors (Lipinski definition) is 0. The van der Waals surface area contributed by atoms with E-state index in [1.165, 1.54) is 6.08 Å². The number of nitrogens with zero attached hydrogens (tertiary/aromatic N) is 1. The largest absolute Gasteiger partial charge is 0.372 e. The van der Waals surface area contributed by atoms with Crippen LogP contribution in [0.5, 0.6) is 0 Å². The molecule has 0 radical (unpaired) electrons. The second-order valence-corrected chi connectivity index (χ2v) is 11.0. The molecule has 0 saturated heterocycles. The van der Waals surface area contributed by atoms with E-state index in [0.29, 0.717) is 6.54 Å². The second-order valence-electron chi connectivity index (χ2n) is 2.60. The summed E-state index contributed by atoms with van der Waals surface area (Å²) in [5.74, 6) is 0. The molecule has 0 aliphatic heterocycles. The van der Waals surface area contributed by atoms with Crippen LogP contribution in [0.1, 0.15) is 5.56 Å². The van der Waals surface area contributed by atoms with Gasteiger partial charge in [-0.1, -0.05) is 24.3 Å². The molecule has 1 aromatic rings. The van der Waals surface area contributed by atoms with Crippen molar-refractivity contribution in [2.24, 2.45) is 4.99 Å². The molecule has 0 heterocycles. The minimum Gasteiger partial charge on any atom is -0.211 e. The highest BCUT2D eigenvalue weighted by atomic mass is 35.8. The lowest BCUT2D eigenvalue weighted by Gasteiger charge is -2.07. The molecule has 0 aromatic heterocycles. The van der Waals surface area contributed by atoms with Gasteiger partial charge in [-0.3, -0.25) is 0 Å². The summed E-state index contributed by atoms with van der Waals surface area (Å²) in [7, 11) is 0. The molecule has 0 aliphatic rings. The predicted molar refractivity (Wildman–Crippen MR) is 61.2 cm³/mol. The van der Waals surface area contributed by atoms with Crippen LogP contribution in [-0.4, -0.2) is 12.1 Å². The smallest absolute Gasteiger partial charge is 0.211 e. The number of benzene rings is 1. The summed E-state index contributed by atoms with van der Waals surface area (Å²) >= 11 is 17.4. The zero-order valence-electron chi connectivity index (χ0n) is 7.01. The van der Waals surface area contributed by atoms with Crippen molar-refractivity contribution in [2.45, 2.75) is 6.54 Å². The first-order chi connectivity index (χ1) is 6.54. The number of rotatable bonds is 3. The van der Waals surface area contributed by atoms with Gasteiger partial charge >= 0.3 is 6.00 Å². The Labute approximate surface area is 96.6 Å². The molecule has 1 rings (SSSR count). The van der Waals surface area contributed by atoms with Gasteiger partial charge in [-0.25, -0.2) is 9.79 Å². The van der Waals surface area contributed by atoms with Gasteiger partial charge in [0.05, 0.1) is 6.54 Å². The first-order valence-corrected chi connectivity index (χ1v) is 8.77. The Morgan fingerprint density at radius 3 is 2.21 bits per heavy atom. The molecule has 0 unspecified atom stereocenters. The molecular weight excluding hydrogens is 261 g/mol. The summed E-state index contributed by atoms with van der Waals surface area (Å²) < 4.78 is 0. The molecule has 0 bridgehead atoms. The Morgan fingerprint density at radius 1 is 1.21 bits per heavy atom. The number of hydrogen-bond acceptors (Lipinski definition) is 2. The fourth-order valence-corrected chi connectivity index (χ4v) is 2.60. The van der Waals surface area contributed by atoms with Crippen molar-refractivity contribution in [3.63, 3.8) is 0 Å². The van der Waals surface area contributed by atoms with Gasteiger partial charge in [-0.2, -0.15) is 0 Å². The van der Waals surface area contributed by atoms with Crippen LogP contribution in [0.2, 0.25) is 0 Å². The lowest BCUT2D eigenvalue weighted by atomic mass is 10.2. The van der Waals surface area contributed by atoms with Gasteiger partial charge < -0.3 is 0 Å². The Morgan fingerprint density at radius 2 is 1.79 bits per heavy atom. The zero-order valence-corrected chi connectivity index (χ0v) is 10.3. The van der Waals surface area contributed by atoms with Gasteiger partial charge in [0, 0.05) is 0 Å². The number of aliphatic imine (C=N–C) groups is 1. The summed E-state index contributed by atoms with van der Waals surface area (Å²) in [5.41, 5.74) is 0.889. The molecule has 0 aliphatic carbocycles. The molecular formula is C8H6Cl3NOSi. The number of halogens is 3. The summed E-state index contributed by atoms with van der Waals surface area (Å²) in [4.78, 5) is 13.3. The molecule has 0 N–H and O–H groups in total.